The van der Waals surface area contributed by atoms with Crippen LogP contribution in [0.3, 0.4) is 0 Å². The molecule has 1 saturated heterocycles. The molecule has 0 atom stereocenters. The third kappa shape index (κ3) is 2.59. The number of aromatic nitrogens is 2. The molecule has 8 heteroatoms. The van der Waals surface area contributed by atoms with Crippen LogP contribution >= 0.6 is 0 Å². The first kappa shape index (κ1) is 17.4. The van der Waals surface area contributed by atoms with Crippen LogP contribution in [-0.2, 0) is 21.9 Å². The normalized spacial score (nSPS) is 19.6. The zero-order chi connectivity index (χ0) is 18.5. The van der Waals surface area contributed by atoms with Crippen molar-refractivity contribution < 1.29 is 12.8 Å². The van der Waals surface area contributed by atoms with Crippen LogP contribution in [-0.4, -0.2) is 35.8 Å². The summed E-state index contributed by atoms with van der Waals surface area (Å²) >= 11 is 0. The van der Waals surface area contributed by atoms with Crippen molar-refractivity contribution in [3.63, 3.8) is 0 Å². The van der Waals surface area contributed by atoms with Crippen molar-refractivity contribution in [2.24, 2.45) is 0 Å². The first-order valence-electron chi connectivity index (χ1n) is 8.68. The summed E-state index contributed by atoms with van der Waals surface area (Å²) in [5.41, 5.74) is 1.20. The van der Waals surface area contributed by atoms with Gasteiger partial charge in [-0.3, -0.25) is 4.79 Å². The zero-order valence-corrected chi connectivity index (χ0v) is 15.3. The quantitative estimate of drug-likeness (QED) is 0.866. The summed E-state index contributed by atoms with van der Waals surface area (Å²) in [6.07, 6.45) is 2.64. The molecule has 0 radical (unpaired) electrons. The van der Waals surface area contributed by atoms with Crippen LogP contribution in [0, 0.1) is 12.7 Å². The van der Waals surface area contributed by atoms with Crippen LogP contribution in [0.1, 0.15) is 36.3 Å². The van der Waals surface area contributed by atoms with Gasteiger partial charge in [0.1, 0.15) is 16.5 Å². The van der Waals surface area contributed by atoms with Crippen molar-refractivity contribution in [2.75, 3.05) is 13.1 Å². The molecule has 1 aromatic heterocycles. The number of piperidine rings is 1. The molecule has 6 nitrogen and oxygen atoms in total. The lowest BCUT2D eigenvalue weighted by molar-refractivity contribution is 0.227. The van der Waals surface area contributed by atoms with Crippen molar-refractivity contribution in [2.45, 2.75) is 42.9 Å². The summed E-state index contributed by atoms with van der Waals surface area (Å²) in [5, 5.41) is 0. The maximum absolute atomic E-state index is 14.0. The van der Waals surface area contributed by atoms with E-state index in [9.17, 15) is 17.6 Å². The van der Waals surface area contributed by atoms with Crippen LogP contribution in [0.25, 0.3) is 0 Å². The highest BCUT2D eigenvalue weighted by atomic mass is 32.2. The van der Waals surface area contributed by atoms with E-state index in [2.05, 4.69) is 9.97 Å². The Morgan fingerprint density at radius 2 is 1.88 bits per heavy atom. The van der Waals surface area contributed by atoms with E-state index >= 15 is 0 Å². The summed E-state index contributed by atoms with van der Waals surface area (Å²) in [6.45, 7) is 2.35. The minimum atomic E-state index is -3.86. The van der Waals surface area contributed by atoms with Gasteiger partial charge in [-0.1, -0.05) is 12.1 Å². The maximum Gasteiger partial charge on any atom is 0.254 e. The van der Waals surface area contributed by atoms with E-state index in [0.29, 0.717) is 38.2 Å². The number of aryl methyl sites for hydroxylation is 1. The lowest BCUT2D eigenvalue weighted by Crippen LogP contribution is -2.45. The second kappa shape index (κ2) is 5.99. The molecule has 1 aliphatic carbocycles. The molecule has 138 valence electrons. The van der Waals surface area contributed by atoms with Gasteiger partial charge in [0, 0.05) is 24.1 Å². The van der Waals surface area contributed by atoms with Crippen molar-refractivity contribution in [1.29, 1.82) is 0 Å². The molecule has 1 N–H and O–H groups in total. The average Bonchev–Trinajstić information content (AvgIpc) is 2.94. The fourth-order valence-electron chi connectivity index (χ4n) is 4.20. The van der Waals surface area contributed by atoms with Crippen LogP contribution in [0.4, 0.5) is 4.39 Å². The molecular formula is C18H20FN3O3S. The van der Waals surface area contributed by atoms with Crippen LogP contribution in [0.5, 0.6) is 0 Å². The fraction of sp³-hybridized carbons (Fsp3) is 0.444. The Labute approximate surface area is 151 Å². The van der Waals surface area contributed by atoms with E-state index in [1.807, 2.05) is 0 Å². The number of halogens is 1. The highest BCUT2D eigenvalue weighted by Crippen LogP contribution is 2.45. The smallest absolute Gasteiger partial charge is 0.254 e. The number of fused-ring (bicyclic) bond motifs is 2. The first-order chi connectivity index (χ1) is 12.3. The molecule has 4 rings (SSSR count). The predicted molar refractivity (Wildman–Crippen MR) is 94.0 cm³/mol. The molecule has 2 heterocycles. The largest absolute Gasteiger partial charge is 0.311 e. The van der Waals surface area contributed by atoms with Crippen LogP contribution in [0.15, 0.2) is 34.0 Å². The average molecular weight is 377 g/mol. The maximum atomic E-state index is 14.0. The molecule has 0 bridgehead atoms. The topological polar surface area (TPSA) is 83.1 Å². The Morgan fingerprint density at radius 1 is 1.19 bits per heavy atom. The zero-order valence-electron chi connectivity index (χ0n) is 14.5. The summed E-state index contributed by atoms with van der Waals surface area (Å²) in [6, 6.07) is 5.45. The number of H-pyrrole nitrogens is 1. The van der Waals surface area contributed by atoms with E-state index in [4.69, 9.17) is 0 Å². The minimum Gasteiger partial charge on any atom is -0.311 e. The summed E-state index contributed by atoms with van der Waals surface area (Å²) < 4.78 is 40.9. The van der Waals surface area contributed by atoms with Gasteiger partial charge < -0.3 is 4.98 Å². The predicted octanol–water partition coefficient (Wildman–Crippen LogP) is 1.89. The number of hydrogen-bond donors (Lipinski definition) is 1. The minimum absolute atomic E-state index is 0.0919. The number of benzene rings is 1. The SMILES string of the molecule is Cc1nc2c(c(=O)[nH]1)CCC21CCN(S(=O)(=O)c2ccccc2F)CC1. The third-order valence-electron chi connectivity index (χ3n) is 5.62. The monoisotopic (exact) mass is 377 g/mol. The Kier molecular flexibility index (Phi) is 4.00. The van der Waals surface area contributed by atoms with Gasteiger partial charge in [0.15, 0.2) is 0 Å². The van der Waals surface area contributed by atoms with Crippen molar-refractivity contribution >= 4 is 10.0 Å². The van der Waals surface area contributed by atoms with E-state index in [0.717, 1.165) is 23.7 Å². The van der Waals surface area contributed by atoms with Gasteiger partial charge in [0.25, 0.3) is 5.56 Å². The number of nitrogens with one attached hydrogen (secondary N) is 1. The number of aromatic amines is 1. The van der Waals surface area contributed by atoms with Gasteiger partial charge in [-0.2, -0.15) is 4.31 Å². The molecule has 26 heavy (non-hydrogen) atoms. The molecule has 1 spiro atoms. The highest BCUT2D eigenvalue weighted by molar-refractivity contribution is 7.89. The summed E-state index contributed by atoms with van der Waals surface area (Å²) in [7, 11) is -3.86. The van der Waals surface area contributed by atoms with E-state index < -0.39 is 15.8 Å². The van der Waals surface area contributed by atoms with Gasteiger partial charge in [-0.05, 0) is 44.7 Å². The number of hydrogen-bond acceptors (Lipinski definition) is 4. The number of rotatable bonds is 2. The number of sulfonamides is 1. The lowest BCUT2D eigenvalue weighted by Gasteiger charge is -2.38. The second-order valence-electron chi connectivity index (χ2n) is 7.09. The van der Waals surface area contributed by atoms with Crippen LogP contribution in [0.2, 0.25) is 0 Å². The molecule has 1 fully saturated rings. The second-order valence-corrected chi connectivity index (χ2v) is 9.00. The van der Waals surface area contributed by atoms with Gasteiger partial charge in [0.05, 0.1) is 5.69 Å². The summed E-state index contributed by atoms with van der Waals surface area (Å²) in [4.78, 5) is 19.2. The van der Waals surface area contributed by atoms with Gasteiger partial charge in [-0.15, -0.1) is 0 Å². The van der Waals surface area contributed by atoms with Crippen LogP contribution < -0.4 is 5.56 Å². The Balaban J connectivity index is 1.62. The Hall–Kier alpha value is -2.06. The highest BCUT2D eigenvalue weighted by Gasteiger charge is 2.45. The molecule has 0 saturated carbocycles. The van der Waals surface area contributed by atoms with Crippen molar-refractivity contribution in [1.82, 2.24) is 14.3 Å². The molecule has 0 unspecified atom stereocenters. The third-order valence-corrected chi connectivity index (χ3v) is 7.56. The molecule has 0 amide bonds. The Bertz CT molecular complexity index is 1020. The lowest BCUT2D eigenvalue weighted by atomic mass is 9.76. The Morgan fingerprint density at radius 3 is 2.58 bits per heavy atom. The molecule has 1 aromatic carbocycles. The first-order valence-corrected chi connectivity index (χ1v) is 10.1. The van der Waals surface area contributed by atoms with Gasteiger partial charge in [-0.25, -0.2) is 17.8 Å². The van der Waals surface area contributed by atoms with E-state index in [-0.39, 0.29) is 15.9 Å². The molecule has 1 aliphatic heterocycles. The van der Waals surface area contributed by atoms with Gasteiger partial charge in [0.2, 0.25) is 10.0 Å². The summed E-state index contributed by atoms with van der Waals surface area (Å²) in [5.74, 6) is -0.153. The van der Waals surface area contributed by atoms with Crippen molar-refractivity contribution in [3.8, 4) is 0 Å². The van der Waals surface area contributed by atoms with Crippen molar-refractivity contribution in [3.05, 3.63) is 57.5 Å². The van der Waals surface area contributed by atoms with E-state index in [1.165, 1.54) is 22.5 Å². The van der Waals surface area contributed by atoms with Gasteiger partial charge >= 0.3 is 0 Å². The van der Waals surface area contributed by atoms with E-state index in [1.54, 1.807) is 6.92 Å². The number of nitrogens with zero attached hydrogens (tertiary/aromatic N) is 2. The molecule has 2 aliphatic rings. The standard InChI is InChI=1S/C18H20FN3O3S/c1-12-20-16-13(17(23)21-12)6-7-18(16)8-10-22(11-9-18)26(24,25)15-5-3-2-4-14(15)19/h2-5H,6-11H2,1H3,(H,20,21,23). The molecule has 2 aromatic rings. The molecular weight excluding hydrogens is 357 g/mol. The fourth-order valence-corrected chi connectivity index (χ4v) is 5.70.